The molecule has 0 saturated heterocycles. The third-order valence-electron chi connectivity index (χ3n) is 5.39. The van der Waals surface area contributed by atoms with Crippen molar-refractivity contribution in [3.63, 3.8) is 0 Å². The van der Waals surface area contributed by atoms with Crippen LogP contribution in [0.4, 0.5) is 0 Å². The molecular weight excluding hydrogens is 706 g/mol. The summed E-state index contributed by atoms with van der Waals surface area (Å²) < 4.78 is 0. The first-order chi connectivity index (χ1) is 15.6. The summed E-state index contributed by atoms with van der Waals surface area (Å²) in [6.45, 7) is 0. The van der Waals surface area contributed by atoms with E-state index >= 15 is 0 Å². The van der Waals surface area contributed by atoms with Gasteiger partial charge >= 0.3 is 34.7 Å². The fraction of sp³-hybridized carbons (Fsp3) is 0. The van der Waals surface area contributed by atoms with Gasteiger partial charge in [-0.15, -0.1) is 0 Å². The van der Waals surface area contributed by atoms with E-state index in [4.69, 9.17) is 28.2 Å². The fourth-order valence-electron chi connectivity index (χ4n) is 3.94. The maximum absolute atomic E-state index is 6.54. The molecule has 40 heavy (non-hydrogen) atoms. The van der Waals surface area contributed by atoms with Crippen LogP contribution in [-0.4, -0.2) is 54.7 Å². The van der Waals surface area contributed by atoms with Crippen molar-refractivity contribution < 1.29 is 74.4 Å². The Kier molecular flexibility index (Phi) is 20.4. The molecule has 4 aromatic rings. The summed E-state index contributed by atoms with van der Waals surface area (Å²) in [6, 6.07) is 21.7. The monoisotopic (exact) mass is 718 g/mol. The van der Waals surface area contributed by atoms with E-state index in [1.54, 1.807) is 6.07 Å². The van der Waals surface area contributed by atoms with E-state index in [9.17, 15) is 0 Å². The van der Waals surface area contributed by atoms with E-state index in [0.29, 0.717) is 10.0 Å². The van der Waals surface area contributed by atoms with Gasteiger partial charge in [0.15, 0.2) is 0 Å². The van der Waals surface area contributed by atoms with Crippen molar-refractivity contribution >= 4 is 104 Å². The molecular formula is C26H16Al2Cl8N4. The normalized spacial score (nSPS) is 10.2. The van der Waals surface area contributed by atoms with Crippen molar-refractivity contribution in [1.29, 1.82) is 0 Å². The van der Waals surface area contributed by atoms with Crippen molar-refractivity contribution in [1.82, 2.24) is 19.9 Å². The summed E-state index contributed by atoms with van der Waals surface area (Å²) in [7, 11) is 0. The smallest absolute Gasteiger partial charge is 1.00 e. The minimum atomic E-state index is 0. The first-order valence-electron chi connectivity index (χ1n) is 10.1. The van der Waals surface area contributed by atoms with Crippen LogP contribution in [0, 0.1) is 0 Å². The van der Waals surface area contributed by atoms with Gasteiger partial charge in [-0.1, -0.05) is 29.3 Å². The summed E-state index contributed by atoms with van der Waals surface area (Å²) in [6.07, 6.45) is 6.07. The number of aromatic amines is 2. The van der Waals surface area contributed by atoms with E-state index in [0.717, 1.165) is 56.0 Å². The van der Waals surface area contributed by atoms with Crippen LogP contribution < -0.4 is 74.4 Å². The summed E-state index contributed by atoms with van der Waals surface area (Å²) in [5.41, 5.74) is 9.16. The average Bonchev–Trinajstić information content (AvgIpc) is 3.53. The molecule has 0 saturated carbocycles. The van der Waals surface area contributed by atoms with Crippen molar-refractivity contribution in [2.75, 3.05) is 0 Å². The number of benzene rings is 1. The van der Waals surface area contributed by atoms with Crippen molar-refractivity contribution in [3.05, 3.63) is 105 Å². The van der Waals surface area contributed by atoms with Gasteiger partial charge in [-0.3, -0.25) is 0 Å². The summed E-state index contributed by atoms with van der Waals surface area (Å²) in [5, 5.41) is 1.19. The van der Waals surface area contributed by atoms with E-state index in [1.165, 1.54) is 0 Å². The molecule has 0 atom stereocenters. The SMILES string of the molecule is Clc1ccc(C2=Cc3cc4ccc(cc5nc(cc6ccc(cc2n3)[nH]6)C=C5)[nH]4)c(Cl)c1.[Al+3].[Al+3].[Cl-].[Cl-].[Cl-].[Cl-].[Cl-].[Cl-]. The maximum atomic E-state index is 6.54. The zero-order valence-corrected chi connectivity index (χ0v) is 28.5. The Morgan fingerprint density at radius 3 is 1.50 bits per heavy atom. The van der Waals surface area contributed by atoms with Crippen LogP contribution in [-0.2, 0) is 0 Å². The second-order valence-electron chi connectivity index (χ2n) is 7.71. The molecule has 0 radical (unpaired) electrons. The minimum Gasteiger partial charge on any atom is -1.00 e. The van der Waals surface area contributed by atoms with Crippen LogP contribution in [0.3, 0.4) is 0 Å². The Morgan fingerprint density at radius 2 is 1.00 bits per heavy atom. The number of hydrogen-bond donors (Lipinski definition) is 2. The molecule has 0 aliphatic carbocycles. The fourth-order valence-corrected chi connectivity index (χ4v) is 4.45. The number of nitrogens with zero attached hydrogens (tertiary/aromatic N) is 2. The molecule has 0 amide bonds. The van der Waals surface area contributed by atoms with Crippen LogP contribution in [0.5, 0.6) is 0 Å². The Bertz CT molecular complexity index is 1630. The molecule has 1 aromatic carbocycles. The molecule has 2 N–H and O–H groups in total. The average molecular weight is 722 g/mol. The number of aromatic nitrogens is 4. The zero-order valence-electron chi connectivity index (χ0n) is 20.2. The van der Waals surface area contributed by atoms with Gasteiger partial charge in [-0.05, 0) is 78.9 Å². The van der Waals surface area contributed by atoms with E-state index in [2.05, 4.69) is 15.0 Å². The molecule has 0 fully saturated rings. The predicted molar refractivity (Wildman–Crippen MR) is 145 cm³/mol. The quantitative estimate of drug-likeness (QED) is 0.166. The number of rotatable bonds is 1. The second kappa shape index (κ2) is 18.7. The summed E-state index contributed by atoms with van der Waals surface area (Å²) in [4.78, 5) is 16.4. The number of H-pyrrole nitrogens is 2. The van der Waals surface area contributed by atoms with E-state index in [1.807, 2.05) is 78.9 Å². The maximum Gasteiger partial charge on any atom is 3.00 e. The van der Waals surface area contributed by atoms with Crippen LogP contribution in [0.2, 0.25) is 10.0 Å². The molecule has 0 unspecified atom stereocenters. The molecule has 2 aliphatic rings. The van der Waals surface area contributed by atoms with Crippen LogP contribution in [0.1, 0.15) is 28.3 Å². The Balaban J connectivity index is -0.00000171. The standard InChI is InChI=1S/C26H16Cl2N4.2Al.6ClH/c27-15-1-8-23(25(28)9-15)24-13-22-12-20-5-4-18(30-20)10-16-2-3-17(29-16)11-19-6-7-21(31-19)14-26(24)32-22;;;;;;;;/h1-14,30-31H;;;6*1H/q;2*+3;;;;;;/p-6. The number of nitrogens with one attached hydrogen (secondary N) is 2. The minimum absolute atomic E-state index is 0. The topological polar surface area (TPSA) is 57.4 Å². The summed E-state index contributed by atoms with van der Waals surface area (Å²) >= 11 is 12.7. The van der Waals surface area contributed by atoms with Gasteiger partial charge in [0.25, 0.3) is 0 Å². The molecule has 202 valence electrons. The van der Waals surface area contributed by atoms with Crippen LogP contribution >= 0.6 is 23.2 Å². The van der Waals surface area contributed by atoms with Crippen molar-refractivity contribution in [2.45, 2.75) is 0 Å². The molecule has 8 bridgehead atoms. The molecule has 4 nitrogen and oxygen atoms in total. The van der Waals surface area contributed by atoms with Crippen LogP contribution in [0.15, 0.2) is 66.7 Å². The van der Waals surface area contributed by atoms with Gasteiger partial charge < -0.3 is 84.4 Å². The summed E-state index contributed by atoms with van der Waals surface area (Å²) in [5.74, 6) is 0. The van der Waals surface area contributed by atoms with Crippen LogP contribution in [0.25, 0.3) is 45.9 Å². The molecule has 3 aromatic heterocycles. The van der Waals surface area contributed by atoms with Crippen molar-refractivity contribution in [3.8, 4) is 0 Å². The molecule has 5 heterocycles. The molecule has 6 rings (SSSR count). The van der Waals surface area contributed by atoms with Gasteiger partial charge in [0, 0.05) is 43.2 Å². The number of fused-ring (bicyclic) bond motifs is 8. The van der Waals surface area contributed by atoms with Gasteiger partial charge in [0.05, 0.1) is 22.8 Å². The molecule has 0 spiro atoms. The largest absolute Gasteiger partial charge is 3.00 e. The Labute approximate surface area is 300 Å². The van der Waals surface area contributed by atoms with E-state index in [-0.39, 0.29) is 109 Å². The molecule has 14 heteroatoms. The van der Waals surface area contributed by atoms with Crippen molar-refractivity contribution in [2.24, 2.45) is 0 Å². The Morgan fingerprint density at radius 1 is 0.525 bits per heavy atom. The van der Waals surface area contributed by atoms with Gasteiger partial charge in [-0.25, -0.2) is 9.97 Å². The third-order valence-corrected chi connectivity index (χ3v) is 5.93. The second-order valence-corrected chi connectivity index (χ2v) is 8.56. The van der Waals surface area contributed by atoms with Gasteiger partial charge in [0.2, 0.25) is 0 Å². The molecule has 2 aliphatic heterocycles. The number of halogens is 8. The first-order valence-corrected chi connectivity index (χ1v) is 10.9. The van der Waals surface area contributed by atoms with Gasteiger partial charge in [-0.2, -0.15) is 0 Å². The number of hydrogen-bond acceptors (Lipinski definition) is 2. The zero-order chi connectivity index (χ0) is 21.7. The predicted octanol–water partition coefficient (Wildman–Crippen LogP) is -11.4. The Hall–Kier alpha value is -0.795. The van der Waals surface area contributed by atoms with Gasteiger partial charge in [0.1, 0.15) is 0 Å². The third kappa shape index (κ3) is 9.62. The first kappa shape index (κ1) is 43.7. The van der Waals surface area contributed by atoms with E-state index < -0.39 is 0 Å².